The Hall–Kier alpha value is -0.160. The number of hydrogen-bond donors (Lipinski definition) is 1. The highest BCUT2D eigenvalue weighted by Crippen LogP contribution is 2.30. The van der Waals surface area contributed by atoms with Crippen LogP contribution in [0.3, 0.4) is 0 Å². The van der Waals surface area contributed by atoms with Crippen molar-refractivity contribution in [2.45, 2.75) is 25.3 Å². The second kappa shape index (κ2) is 5.96. The molecule has 4 heteroatoms. The van der Waals surface area contributed by atoms with Crippen LogP contribution in [0.15, 0.2) is 33.4 Å². The van der Waals surface area contributed by atoms with Gasteiger partial charge in [0, 0.05) is 20.3 Å². The fourth-order valence-corrected chi connectivity index (χ4v) is 4.11. The van der Waals surface area contributed by atoms with E-state index in [0.29, 0.717) is 0 Å². The van der Waals surface area contributed by atoms with E-state index < -0.39 is 0 Å². The molecular weight excluding hydrogens is 302 g/mol. The molecule has 1 nitrogen and oxygen atoms in total. The van der Waals surface area contributed by atoms with E-state index in [2.05, 4.69) is 44.9 Å². The number of halogens is 1. The highest BCUT2D eigenvalue weighted by molar-refractivity contribution is 9.10. The highest BCUT2D eigenvalue weighted by Gasteiger charge is 2.10. The predicted octanol–water partition coefficient (Wildman–Crippen LogP) is 4.59. The third-order valence-corrected chi connectivity index (χ3v) is 5.44. The van der Waals surface area contributed by atoms with Crippen molar-refractivity contribution in [3.8, 4) is 0 Å². The zero-order valence-electron chi connectivity index (χ0n) is 8.86. The summed E-state index contributed by atoms with van der Waals surface area (Å²) in [7, 11) is 0. The molecule has 0 aliphatic rings. The van der Waals surface area contributed by atoms with Gasteiger partial charge in [-0.3, -0.25) is 0 Å². The van der Waals surface area contributed by atoms with Crippen molar-refractivity contribution < 1.29 is 0 Å². The summed E-state index contributed by atoms with van der Waals surface area (Å²) in [5.41, 5.74) is 6.16. The normalized spacial score (nSPS) is 12.9. The van der Waals surface area contributed by atoms with Gasteiger partial charge in [0.15, 0.2) is 0 Å². The fourth-order valence-electron chi connectivity index (χ4n) is 1.65. The Morgan fingerprint density at radius 1 is 1.25 bits per heavy atom. The van der Waals surface area contributed by atoms with E-state index in [-0.39, 0.29) is 6.04 Å². The van der Waals surface area contributed by atoms with Gasteiger partial charge in [0.25, 0.3) is 0 Å². The van der Waals surface area contributed by atoms with Crippen LogP contribution in [0.25, 0.3) is 0 Å². The van der Waals surface area contributed by atoms with Crippen molar-refractivity contribution in [1.82, 2.24) is 0 Å². The van der Waals surface area contributed by atoms with Crippen molar-refractivity contribution in [3.63, 3.8) is 0 Å². The topological polar surface area (TPSA) is 26.0 Å². The standard InChI is InChI=1S/C12H14BrNS2/c13-10-6-8-16-12(10)11(14)5-1-3-9-4-2-7-15-9/h2,4,6-8,11H,1,3,5,14H2. The Morgan fingerprint density at radius 3 is 2.75 bits per heavy atom. The molecule has 1 atom stereocenters. The van der Waals surface area contributed by atoms with E-state index in [9.17, 15) is 0 Å². The maximum atomic E-state index is 6.16. The Morgan fingerprint density at radius 2 is 2.12 bits per heavy atom. The lowest BCUT2D eigenvalue weighted by molar-refractivity contribution is 0.620. The average Bonchev–Trinajstić information content (AvgIpc) is 2.88. The molecule has 0 fully saturated rings. The smallest absolute Gasteiger partial charge is 0.0401 e. The number of nitrogens with two attached hydrogens (primary N) is 1. The van der Waals surface area contributed by atoms with E-state index in [1.54, 1.807) is 11.3 Å². The Balaban J connectivity index is 1.80. The quantitative estimate of drug-likeness (QED) is 0.857. The van der Waals surface area contributed by atoms with Crippen LogP contribution in [0, 0.1) is 0 Å². The predicted molar refractivity (Wildman–Crippen MR) is 76.2 cm³/mol. The molecule has 0 spiro atoms. The van der Waals surface area contributed by atoms with Gasteiger partial charge in [-0.05, 0) is 58.1 Å². The Kier molecular flexibility index (Phi) is 4.58. The summed E-state index contributed by atoms with van der Waals surface area (Å²) in [6.45, 7) is 0. The molecule has 0 saturated heterocycles. The minimum Gasteiger partial charge on any atom is -0.323 e. The second-order valence-corrected chi connectivity index (χ2v) is 6.55. The van der Waals surface area contributed by atoms with Crippen LogP contribution < -0.4 is 5.73 Å². The fraction of sp³-hybridized carbons (Fsp3) is 0.333. The van der Waals surface area contributed by atoms with Crippen LogP contribution in [0.5, 0.6) is 0 Å². The van der Waals surface area contributed by atoms with Gasteiger partial charge in [-0.2, -0.15) is 0 Å². The van der Waals surface area contributed by atoms with E-state index in [0.717, 1.165) is 23.7 Å². The van der Waals surface area contributed by atoms with Crippen LogP contribution in [0.2, 0.25) is 0 Å². The highest BCUT2D eigenvalue weighted by atomic mass is 79.9. The summed E-state index contributed by atoms with van der Waals surface area (Å²) < 4.78 is 1.15. The molecule has 2 heterocycles. The number of hydrogen-bond acceptors (Lipinski definition) is 3. The van der Waals surface area contributed by atoms with Crippen molar-refractivity contribution in [2.75, 3.05) is 0 Å². The van der Waals surface area contributed by atoms with Gasteiger partial charge in [-0.1, -0.05) is 6.07 Å². The number of aryl methyl sites for hydroxylation is 1. The molecule has 86 valence electrons. The summed E-state index contributed by atoms with van der Waals surface area (Å²) in [6, 6.07) is 6.54. The SMILES string of the molecule is NC(CCCc1cccs1)c1sccc1Br. The Bertz CT molecular complexity index is 422. The van der Waals surface area contributed by atoms with Crippen molar-refractivity contribution in [3.05, 3.63) is 43.2 Å². The molecule has 16 heavy (non-hydrogen) atoms. The van der Waals surface area contributed by atoms with Gasteiger partial charge in [-0.25, -0.2) is 0 Å². The monoisotopic (exact) mass is 315 g/mol. The minimum atomic E-state index is 0.175. The number of rotatable bonds is 5. The van der Waals surface area contributed by atoms with Crippen molar-refractivity contribution >= 4 is 38.6 Å². The van der Waals surface area contributed by atoms with Gasteiger partial charge in [0.1, 0.15) is 0 Å². The zero-order valence-corrected chi connectivity index (χ0v) is 12.1. The summed E-state index contributed by atoms with van der Waals surface area (Å²) in [5, 5.41) is 4.21. The van der Waals surface area contributed by atoms with Crippen molar-refractivity contribution in [2.24, 2.45) is 5.73 Å². The third kappa shape index (κ3) is 3.17. The first kappa shape index (κ1) is 12.3. The van der Waals surface area contributed by atoms with Crippen LogP contribution in [0.4, 0.5) is 0 Å². The largest absolute Gasteiger partial charge is 0.323 e. The molecule has 0 amide bonds. The first-order valence-electron chi connectivity index (χ1n) is 5.28. The zero-order chi connectivity index (χ0) is 11.4. The van der Waals surface area contributed by atoms with E-state index >= 15 is 0 Å². The lowest BCUT2D eigenvalue weighted by atomic mass is 10.1. The summed E-state index contributed by atoms with van der Waals surface area (Å²) >= 11 is 7.09. The van der Waals surface area contributed by atoms with E-state index in [4.69, 9.17) is 5.73 Å². The molecule has 2 aromatic rings. The molecule has 0 aliphatic carbocycles. The van der Waals surface area contributed by atoms with Gasteiger partial charge in [0.05, 0.1) is 0 Å². The molecule has 0 aliphatic heterocycles. The molecule has 0 radical (unpaired) electrons. The molecule has 0 aromatic carbocycles. The number of thiophene rings is 2. The molecule has 2 aromatic heterocycles. The maximum absolute atomic E-state index is 6.16. The van der Waals surface area contributed by atoms with E-state index in [1.807, 2.05) is 11.3 Å². The first-order chi connectivity index (χ1) is 7.77. The molecule has 0 bridgehead atoms. The molecule has 1 unspecified atom stereocenters. The lowest BCUT2D eigenvalue weighted by Crippen LogP contribution is -2.09. The van der Waals surface area contributed by atoms with Gasteiger partial charge in [-0.15, -0.1) is 22.7 Å². The van der Waals surface area contributed by atoms with Gasteiger partial charge in [0.2, 0.25) is 0 Å². The Labute approximate surface area is 112 Å². The van der Waals surface area contributed by atoms with Crippen LogP contribution in [0.1, 0.15) is 28.6 Å². The molecule has 2 N–H and O–H groups in total. The molecule has 0 saturated carbocycles. The van der Waals surface area contributed by atoms with Gasteiger partial charge >= 0.3 is 0 Å². The van der Waals surface area contributed by atoms with E-state index in [1.165, 1.54) is 9.75 Å². The van der Waals surface area contributed by atoms with Crippen LogP contribution in [-0.2, 0) is 6.42 Å². The first-order valence-corrected chi connectivity index (χ1v) is 7.83. The van der Waals surface area contributed by atoms with Gasteiger partial charge < -0.3 is 5.73 Å². The molecular formula is C12H14BrNS2. The summed E-state index contributed by atoms with van der Waals surface area (Å²) in [4.78, 5) is 2.73. The molecule has 2 rings (SSSR count). The maximum Gasteiger partial charge on any atom is 0.0401 e. The van der Waals surface area contributed by atoms with Crippen LogP contribution >= 0.6 is 38.6 Å². The summed E-state index contributed by atoms with van der Waals surface area (Å²) in [6.07, 6.45) is 3.36. The minimum absolute atomic E-state index is 0.175. The summed E-state index contributed by atoms with van der Waals surface area (Å²) in [5.74, 6) is 0. The second-order valence-electron chi connectivity index (χ2n) is 3.71. The lowest BCUT2D eigenvalue weighted by Gasteiger charge is -2.09. The average molecular weight is 316 g/mol. The van der Waals surface area contributed by atoms with Crippen LogP contribution in [-0.4, -0.2) is 0 Å². The third-order valence-electron chi connectivity index (χ3n) is 2.50. The van der Waals surface area contributed by atoms with Crippen molar-refractivity contribution in [1.29, 1.82) is 0 Å².